The summed E-state index contributed by atoms with van der Waals surface area (Å²) < 4.78 is 10.3. The minimum Gasteiger partial charge on any atom is -0.497 e. The van der Waals surface area contributed by atoms with E-state index in [-0.39, 0.29) is 18.2 Å². The summed E-state index contributed by atoms with van der Waals surface area (Å²) in [6, 6.07) is 15.0. The largest absolute Gasteiger partial charge is 0.497 e. The number of anilines is 1. The third-order valence-electron chi connectivity index (χ3n) is 4.20. The molecule has 0 aromatic heterocycles. The van der Waals surface area contributed by atoms with Crippen molar-refractivity contribution in [2.45, 2.75) is 19.8 Å². The molecule has 0 spiro atoms. The molecule has 2 rings (SSSR count). The molecule has 0 saturated carbocycles. The Kier molecular flexibility index (Phi) is 7.67. The monoisotopic (exact) mass is 370 g/mol. The molecule has 27 heavy (non-hydrogen) atoms. The molecule has 2 amide bonds. The van der Waals surface area contributed by atoms with Crippen molar-refractivity contribution in [3.8, 4) is 11.5 Å². The third-order valence-corrected chi connectivity index (χ3v) is 4.20. The van der Waals surface area contributed by atoms with Gasteiger partial charge in [0.15, 0.2) is 0 Å². The van der Waals surface area contributed by atoms with Crippen LogP contribution < -0.4 is 19.7 Å². The molecule has 144 valence electrons. The topological polar surface area (TPSA) is 67.9 Å². The van der Waals surface area contributed by atoms with Crippen molar-refractivity contribution >= 4 is 17.5 Å². The van der Waals surface area contributed by atoms with Gasteiger partial charge in [-0.15, -0.1) is 0 Å². The summed E-state index contributed by atoms with van der Waals surface area (Å²) in [6.45, 7) is 2.35. The number of methoxy groups -OCH3 is 2. The molecule has 0 aliphatic heterocycles. The Morgan fingerprint density at radius 1 is 1.00 bits per heavy atom. The Bertz CT molecular complexity index is 759. The maximum absolute atomic E-state index is 12.1. The van der Waals surface area contributed by atoms with Gasteiger partial charge in [-0.05, 0) is 48.4 Å². The lowest BCUT2D eigenvalue weighted by Crippen LogP contribution is -2.34. The number of hydrogen-bond donors (Lipinski definition) is 1. The lowest BCUT2D eigenvalue weighted by molar-refractivity contribution is -0.121. The van der Waals surface area contributed by atoms with Crippen LogP contribution in [-0.4, -0.2) is 39.1 Å². The van der Waals surface area contributed by atoms with E-state index in [0.29, 0.717) is 13.1 Å². The van der Waals surface area contributed by atoms with Crippen LogP contribution in [0.15, 0.2) is 48.5 Å². The predicted molar refractivity (Wildman–Crippen MR) is 105 cm³/mol. The standard InChI is InChI=1S/C21H26N2O4/c1-16(24)23(18-7-9-19(26-2)10-8-18)14-12-21(25)22-13-11-17-5-4-6-20(15-17)27-3/h4-10,15H,11-14H2,1-3H3,(H,22,25). The van der Waals surface area contributed by atoms with Crippen molar-refractivity contribution in [3.05, 3.63) is 54.1 Å². The second-order valence-electron chi connectivity index (χ2n) is 6.07. The van der Waals surface area contributed by atoms with Crippen LogP contribution >= 0.6 is 0 Å². The molecule has 0 fully saturated rings. The predicted octanol–water partition coefficient (Wildman–Crippen LogP) is 2.81. The van der Waals surface area contributed by atoms with Gasteiger partial charge in [0.05, 0.1) is 14.2 Å². The number of rotatable bonds is 9. The van der Waals surface area contributed by atoms with Gasteiger partial charge in [0.1, 0.15) is 11.5 Å². The van der Waals surface area contributed by atoms with E-state index in [4.69, 9.17) is 9.47 Å². The van der Waals surface area contributed by atoms with Gasteiger partial charge in [0.25, 0.3) is 0 Å². The van der Waals surface area contributed by atoms with E-state index in [9.17, 15) is 9.59 Å². The van der Waals surface area contributed by atoms with Gasteiger partial charge in [0.2, 0.25) is 11.8 Å². The first-order valence-corrected chi connectivity index (χ1v) is 8.85. The Morgan fingerprint density at radius 3 is 2.33 bits per heavy atom. The van der Waals surface area contributed by atoms with Crippen LogP contribution in [0.4, 0.5) is 5.69 Å². The van der Waals surface area contributed by atoms with Crippen molar-refractivity contribution in [2.24, 2.45) is 0 Å². The smallest absolute Gasteiger partial charge is 0.223 e. The fourth-order valence-electron chi connectivity index (χ4n) is 2.71. The van der Waals surface area contributed by atoms with Gasteiger partial charge in [-0.3, -0.25) is 9.59 Å². The summed E-state index contributed by atoms with van der Waals surface area (Å²) in [5.74, 6) is 1.33. The van der Waals surface area contributed by atoms with Crippen LogP contribution in [0.25, 0.3) is 0 Å². The zero-order chi connectivity index (χ0) is 19.6. The van der Waals surface area contributed by atoms with Gasteiger partial charge in [-0.1, -0.05) is 12.1 Å². The summed E-state index contributed by atoms with van der Waals surface area (Å²) in [6.07, 6.45) is 0.960. The molecular formula is C21H26N2O4. The molecular weight excluding hydrogens is 344 g/mol. The molecule has 6 nitrogen and oxygen atoms in total. The Balaban J connectivity index is 1.81. The zero-order valence-corrected chi connectivity index (χ0v) is 16.0. The van der Waals surface area contributed by atoms with Crippen LogP contribution in [0, 0.1) is 0 Å². The van der Waals surface area contributed by atoms with Gasteiger partial charge in [-0.25, -0.2) is 0 Å². The van der Waals surface area contributed by atoms with Gasteiger partial charge < -0.3 is 19.7 Å². The molecule has 2 aromatic carbocycles. The average Bonchev–Trinajstić information content (AvgIpc) is 2.68. The minimum atomic E-state index is -0.107. The number of carbonyl (C=O) groups is 2. The van der Waals surface area contributed by atoms with Crippen LogP contribution in [-0.2, 0) is 16.0 Å². The van der Waals surface area contributed by atoms with Crippen molar-refractivity contribution in [3.63, 3.8) is 0 Å². The zero-order valence-electron chi connectivity index (χ0n) is 16.0. The number of nitrogens with zero attached hydrogens (tertiary/aromatic N) is 1. The molecule has 1 N–H and O–H groups in total. The SMILES string of the molecule is COc1ccc(N(CCC(=O)NCCc2cccc(OC)c2)C(C)=O)cc1. The van der Waals surface area contributed by atoms with E-state index in [1.54, 1.807) is 43.4 Å². The Labute approximate surface area is 160 Å². The molecule has 6 heteroatoms. The van der Waals surface area contributed by atoms with E-state index in [1.165, 1.54) is 6.92 Å². The Morgan fingerprint density at radius 2 is 1.70 bits per heavy atom. The van der Waals surface area contributed by atoms with Crippen LogP contribution in [0.1, 0.15) is 18.9 Å². The number of nitrogens with one attached hydrogen (secondary N) is 1. The highest BCUT2D eigenvalue weighted by molar-refractivity contribution is 5.92. The lowest BCUT2D eigenvalue weighted by Gasteiger charge is -2.21. The van der Waals surface area contributed by atoms with Gasteiger partial charge in [-0.2, -0.15) is 0 Å². The second-order valence-corrected chi connectivity index (χ2v) is 6.07. The summed E-state index contributed by atoms with van der Waals surface area (Å²) in [4.78, 5) is 25.6. The first kappa shape index (κ1) is 20.3. The van der Waals surface area contributed by atoms with E-state index < -0.39 is 0 Å². The van der Waals surface area contributed by atoms with E-state index in [1.807, 2.05) is 24.3 Å². The van der Waals surface area contributed by atoms with Crippen LogP contribution in [0.5, 0.6) is 11.5 Å². The molecule has 0 bridgehead atoms. The normalized spacial score (nSPS) is 10.2. The highest BCUT2D eigenvalue weighted by Crippen LogP contribution is 2.19. The number of benzene rings is 2. The molecule has 0 saturated heterocycles. The number of amides is 2. The van der Waals surface area contributed by atoms with Crippen molar-refractivity contribution in [1.29, 1.82) is 0 Å². The number of hydrogen-bond acceptors (Lipinski definition) is 4. The minimum absolute atomic E-state index is 0.0855. The van der Waals surface area contributed by atoms with Gasteiger partial charge >= 0.3 is 0 Å². The maximum Gasteiger partial charge on any atom is 0.223 e. The highest BCUT2D eigenvalue weighted by atomic mass is 16.5. The fraction of sp³-hybridized carbons (Fsp3) is 0.333. The summed E-state index contributed by atoms with van der Waals surface area (Å²) >= 11 is 0. The number of ether oxygens (including phenoxy) is 2. The third kappa shape index (κ3) is 6.33. The summed E-state index contributed by atoms with van der Waals surface area (Å²) in [5.41, 5.74) is 1.84. The van der Waals surface area contributed by atoms with Crippen LogP contribution in [0.3, 0.4) is 0 Å². The van der Waals surface area contributed by atoms with E-state index >= 15 is 0 Å². The highest BCUT2D eigenvalue weighted by Gasteiger charge is 2.13. The van der Waals surface area contributed by atoms with Crippen molar-refractivity contribution in [1.82, 2.24) is 5.32 Å². The second kappa shape index (κ2) is 10.2. The van der Waals surface area contributed by atoms with E-state index in [2.05, 4.69) is 5.32 Å². The summed E-state index contributed by atoms with van der Waals surface area (Å²) in [5, 5.41) is 2.89. The Hall–Kier alpha value is -3.02. The average molecular weight is 370 g/mol. The van der Waals surface area contributed by atoms with Crippen molar-refractivity contribution in [2.75, 3.05) is 32.2 Å². The first-order valence-electron chi connectivity index (χ1n) is 8.85. The van der Waals surface area contributed by atoms with Crippen LogP contribution in [0.2, 0.25) is 0 Å². The van der Waals surface area contributed by atoms with E-state index in [0.717, 1.165) is 29.2 Å². The molecule has 0 atom stereocenters. The maximum atomic E-state index is 12.1. The molecule has 0 unspecified atom stereocenters. The molecule has 2 aromatic rings. The van der Waals surface area contributed by atoms with Gasteiger partial charge in [0, 0.05) is 32.1 Å². The summed E-state index contributed by atoms with van der Waals surface area (Å²) in [7, 11) is 3.22. The fourth-order valence-corrected chi connectivity index (χ4v) is 2.71. The number of carbonyl (C=O) groups excluding carboxylic acids is 2. The molecule has 0 radical (unpaired) electrons. The lowest BCUT2D eigenvalue weighted by atomic mass is 10.1. The molecule has 0 aliphatic carbocycles. The molecule has 0 heterocycles. The van der Waals surface area contributed by atoms with Crippen molar-refractivity contribution < 1.29 is 19.1 Å². The quantitative estimate of drug-likeness (QED) is 0.737. The molecule has 0 aliphatic rings. The first-order chi connectivity index (χ1) is 13.0.